The first-order chi connectivity index (χ1) is 8.58. The molecule has 2 aromatic rings. The predicted octanol–water partition coefficient (Wildman–Crippen LogP) is 4.03. The molecule has 1 aromatic heterocycles. The number of aryl methyl sites for hydroxylation is 2. The summed E-state index contributed by atoms with van der Waals surface area (Å²) in [5, 5.41) is 3.50. The minimum absolute atomic E-state index is 0.136. The Bertz CT molecular complexity index is 517. The quantitative estimate of drug-likeness (QED) is 0.930. The van der Waals surface area contributed by atoms with Gasteiger partial charge in [-0.1, -0.05) is 15.9 Å². The van der Waals surface area contributed by atoms with E-state index in [0.717, 1.165) is 15.9 Å². The first-order valence-corrected chi connectivity index (χ1v) is 6.66. The van der Waals surface area contributed by atoms with Crippen molar-refractivity contribution < 1.29 is 0 Å². The summed E-state index contributed by atoms with van der Waals surface area (Å²) in [6, 6.07) is 4.36. The number of rotatable bonds is 3. The Hall–Kier alpha value is -1.42. The molecule has 3 nitrogen and oxygen atoms in total. The van der Waals surface area contributed by atoms with E-state index in [1.165, 1.54) is 11.1 Å². The summed E-state index contributed by atoms with van der Waals surface area (Å²) < 4.78 is 1.11. The van der Waals surface area contributed by atoms with Gasteiger partial charge in [0.05, 0.1) is 17.9 Å². The molecule has 1 heterocycles. The summed E-state index contributed by atoms with van der Waals surface area (Å²) in [7, 11) is 0. The Morgan fingerprint density at radius 2 is 1.83 bits per heavy atom. The van der Waals surface area contributed by atoms with Crippen LogP contribution in [0.25, 0.3) is 0 Å². The average molecular weight is 306 g/mol. The van der Waals surface area contributed by atoms with Gasteiger partial charge in [-0.05, 0) is 44.0 Å². The molecule has 0 radical (unpaired) electrons. The van der Waals surface area contributed by atoms with E-state index in [-0.39, 0.29) is 6.04 Å². The van der Waals surface area contributed by atoms with E-state index < -0.39 is 0 Å². The fourth-order valence-corrected chi connectivity index (χ4v) is 2.65. The normalized spacial score (nSPS) is 12.2. The number of hydrogen-bond donors (Lipinski definition) is 1. The van der Waals surface area contributed by atoms with Crippen molar-refractivity contribution in [2.45, 2.75) is 26.8 Å². The van der Waals surface area contributed by atoms with E-state index >= 15 is 0 Å². The summed E-state index contributed by atoms with van der Waals surface area (Å²) in [6.07, 6.45) is 5.20. The summed E-state index contributed by atoms with van der Waals surface area (Å²) in [5.74, 6) is 0. The highest BCUT2D eigenvalue weighted by Crippen LogP contribution is 2.27. The molecule has 1 aromatic carbocycles. The molecule has 0 spiro atoms. The Morgan fingerprint density at radius 3 is 2.39 bits per heavy atom. The summed E-state index contributed by atoms with van der Waals surface area (Å²) in [4.78, 5) is 8.41. The van der Waals surface area contributed by atoms with Gasteiger partial charge in [0.1, 0.15) is 0 Å². The lowest BCUT2D eigenvalue weighted by atomic mass is 10.1. The second-order valence-electron chi connectivity index (χ2n) is 4.41. The molecule has 0 aliphatic carbocycles. The van der Waals surface area contributed by atoms with Crippen LogP contribution in [0.5, 0.6) is 0 Å². The molecule has 1 unspecified atom stereocenters. The average Bonchev–Trinajstić information content (AvgIpc) is 2.34. The number of halogens is 1. The maximum atomic E-state index is 4.32. The molecule has 1 atom stereocenters. The molecule has 0 bridgehead atoms. The SMILES string of the molecule is Cc1cc(Br)cc(C)c1NC(C)c1cnccn1. The third-order valence-electron chi connectivity index (χ3n) is 2.89. The first-order valence-electron chi connectivity index (χ1n) is 5.87. The molecule has 0 amide bonds. The van der Waals surface area contributed by atoms with Crippen LogP contribution in [0.4, 0.5) is 5.69 Å². The van der Waals surface area contributed by atoms with Gasteiger partial charge in [-0.3, -0.25) is 9.97 Å². The van der Waals surface area contributed by atoms with Gasteiger partial charge in [-0.15, -0.1) is 0 Å². The molecule has 0 saturated carbocycles. The van der Waals surface area contributed by atoms with Crippen LogP contribution in [-0.4, -0.2) is 9.97 Å². The number of nitrogens with zero attached hydrogens (tertiary/aromatic N) is 2. The van der Waals surface area contributed by atoms with Crippen LogP contribution in [0, 0.1) is 13.8 Å². The van der Waals surface area contributed by atoms with Crippen molar-refractivity contribution in [2.24, 2.45) is 0 Å². The lowest BCUT2D eigenvalue weighted by Crippen LogP contribution is -2.10. The van der Waals surface area contributed by atoms with Gasteiger partial charge in [0, 0.05) is 22.6 Å². The number of anilines is 1. The van der Waals surface area contributed by atoms with Gasteiger partial charge in [0.2, 0.25) is 0 Å². The molecule has 94 valence electrons. The second kappa shape index (κ2) is 5.48. The van der Waals surface area contributed by atoms with Crippen molar-refractivity contribution in [1.29, 1.82) is 0 Å². The number of nitrogens with one attached hydrogen (secondary N) is 1. The Balaban J connectivity index is 2.25. The maximum Gasteiger partial charge on any atom is 0.0806 e. The molecular formula is C14H16BrN3. The third-order valence-corrected chi connectivity index (χ3v) is 3.34. The molecule has 0 fully saturated rings. The van der Waals surface area contributed by atoms with E-state index in [0.29, 0.717) is 0 Å². The fraction of sp³-hybridized carbons (Fsp3) is 0.286. The van der Waals surface area contributed by atoms with E-state index in [1.807, 2.05) is 0 Å². The van der Waals surface area contributed by atoms with Crippen molar-refractivity contribution in [3.8, 4) is 0 Å². The minimum atomic E-state index is 0.136. The zero-order valence-corrected chi connectivity index (χ0v) is 12.3. The summed E-state index contributed by atoms with van der Waals surface area (Å²) in [6.45, 7) is 6.29. The van der Waals surface area contributed by atoms with Crippen LogP contribution in [-0.2, 0) is 0 Å². The molecular weight excluding hydrogens is 290 g/mol. The predicted molar refractivity (Wildman–Crippen MR) is 77.7 cm³/mol. The number of benzene rings is 1. The van der Waals surface area contributed by atoms with Crippen molar-refractivity contribution in [3.05, 3.63) is 52.0 Å². The fourth-order valence-electron chi connectivity index (χ4n) is 1.96. The van der Waals surface area contributed by atoms with Crippen molar-refractivity contribution in [1.82, 2.24) is 9.97 Å². The van der Waals surface area contributed by atoms with Gasteiger partial charge in [-0.25, -0.2) is 0 Å². The monoisotopic (exact) mass is 305 g/mol. The number of aromatic nitrogens is 2. The molecule has 2 rings (SSSR count). The van der Waals surface area contributed by atoms with Crippen LogP contribution in [0.15, 0.2) is 35.2 Å². The van der Waals surface area contributed by atoms with Gasteiger partial charge in [0.25, 0.3) is 0 Å². The van der Waals surface area contributed by atoms with Gasteiger partial charge < -0.3 is 5.32 Å². The largest absolute Gasteiger partial charge is 0.376 e. The topological polar surface area (TPSA) is 37.8 Å². The van der Waals surface area contributed by atoms with Gasteiger partial charge >= 0.3 is 0 Å². The standard InChI is InChI=1S/C14H16BrN3/c1-9-6-12(15)7-10(2)14(9)18-11(3)13-8-16-4-5-17-13/h4-8,11,18H,1-3H3. The molecule has 18 heavy (non-hydrogen) atoms. The van der Waals surface area contributed by atoms with E-state index in [9.17, 15) is 0 Å². The highest BCUT2D eigenvalue weighted by Gasteiger charge is 2.10. The first kappa shape index (κ1) is 13.0. The van der Waals surface area contributed by atoms with Crippen LogP contribution in [0.3, 0.4) is 0 Å². The van der Waals surface area contributed by atoms with Crippen LogP contribution >= 0.6 is 15.9 Å². The van der Waals surface area contributed by atoms with Crippen LogP contribution in [0.1, 0.15) is 29.8 Å². The molecule has 1 N–H and O–H groups in total. The zero-order chi connectivity index (χ0) is 13.1. The van der Waals surface area contributed by atoms with Gasteiger partial charge in [0.15, 0.2) is 0 Å². The van der Waals surface area contributed by atoms with E-state index in [4.69, 9.17) is 0 Å². The molecule has 0 aliphatic heterocycles. The molecule has 0 aliphatic rings. The zero-order valence-electron chi connectivity index (χ0n) is 10.7. The molecule has 0 saturated heterocycles. The van der Waals surface area contributed by atoms with Crippen molar-refractivity contribution in [3.63, 3.8) is 0 Å². The maximum absolute atomic E-state index is 4.32. The lowest BCUT2D eigenvalue weighted by molar-refractivity contribution is 0.824. The second-order valence-corrected chi connectivity index (χ2v) is 5.33. The van der Waals surface area contributed by atoms with Crippen molar-refractivity contribution >= 4 is 21.6 Å². The van der Waals surface area contributed by atoms with E-state index in [2.05, 4.69) is 64.1 Å². The smallest absolute Gasteiger partial charge is 0.0806 e. The lowest BCUT2D eigenvalue weighted by Gasteiger charge is -2.18. The highest BCUT2D eigenvalue weighted by atomic mass is 79.9. The summed E-state index contributed by atoms with van der Waals surface area (Å²) in [5.41, 5.74) is 4.55. The van der Waals surface area contributed by atoms with E-state index in [1.54, 1.807) is 18.6 Å². The Kier molecular flexibility index (Phi) is 3.97. The minimum Gasteiger partial charge on any atom is -0.376 e. The molecule has 4 heteroatoms. The van der Waals surface area contributed by atoms with Crippen LogP contribution < -0.4 is 5.32 Å². The van der Waals surface area contributed by atoms with Crippen LogP contribution in [0.2, 0.25) is 0 Å². The highest BCUT2D eigenvalue weighted by molar-refractivity contribution is 9.10. The van der Waals surface area contributed by atoms with Crippen molar-refractivity contribution in [2.75, 3.05) is 5.32 Å². The Morgan fingerprint density at radius 1 is 1.17 bits per heavy atom. The third kappa shape index (κ3) is 2.88. The number of hydrogen-bond acceptors (Lipinski definition) is 3. The Labute approximate surface area is 116 Å². The van der Waals surface area contributed by atoms with Gasteiger partial charge in [-0.2, -0.15) is 0 Å². The summed E-state index contributed by atoms with van der Waals surface area (Å²) >= 11 is 3.51.